The molecule has 27 heavy (non-hydrogen) atoms. The van der Waals surface area contributed by atoms with Gasteiger partial charge in [0.1, 0.15) is 11.6 Å². The molecule has 2 aromatic heterocycles. The minimum Gasteiger partial charge on any atom is -0.496 e. The Labute approximate surface area is 157 Å². The first-order chi connectivity index (χ1) is 13.3. The van der Waals surface area contributed by atoms with Crippen LogP contribution >= 0.6 is 0 Å². The number of pyridine rings is 1. The van der Waals surface area contributed by atoms with E-state index in [0.717, 1.165) is 24.8 Å². The summed E-state index contributed by atoms with van der Waals surface area (Å²) in [7, 11) is 1.58. The molecule has 3 aromatic rings. The molecule has 1 aliphatic heterocycles. The van der Waals surface area contributed by atoms with Crippen LogP contribution in [0.4, 0.5) is 0 Å². The summed E-state index contributed by atoms with van der Waals surface area (Å²) in [5.41, 5.74) is 1.46. The number of hydrogen-bond donors (Lipinski definition) is 1. The third kappa shape index (κ3) is 3.40. The average molecular weight is 363 g/mol. The number of ether oxygens (including phenoxy) is 1. The molecular weight excluding hydrogens is 342 g/mol. The number of para-hydroxylation sites is 1. The highest BCUT2D eigenvalue weighted by Gasteiger charge is 2.32. The molecule has 1 aliphatic rings. The van der Waals surface area contributed by atoms with Crippen molar-refractivity contribution in [2.45, 2.75) is 25.3 Å². The van der Waals surface area contributed by atoms with Crippen LogP contribution in [0.5, 0.6) is 5.75 Å². The van der Waals surface area contributed by atoms with Gasteiger partial charge in [-0.3, -0.25) is 14.9 Å². The zero-order valence-corrected chi connectivity index (χ0v) is 15.1. The summed E-state index contributed by atoms with van der Waals surface area (Å²) in [5, 5.41) is 7.37. The quantitative estimate of drug-likeness (QED) is 0.769. The van der Waals surface area contributed by atoms with Crippen LogP contribution in [0.2, 0.25) is 0 Å². The molecule has 1 saturated heterocycles. The first kappa shape index (κ1) is 17.2. The van der Waals surface area contributed by atoms with E-state index < -0.39 is 0 Å². The number of carbonyl (C=O) groups excluding carboxylic acids is 1. The predicted molar refractivity (Wildman–Crippen MR) is 100 cm³/mol. The number of piperidine rings is 1. The summed E-state index contributed by atoms with van der Waals surface area (Å²) >= 11 is 0. The van der Waals surface area contributed by atoms with Gasteiger partial charge in [0.05, 0.1) is 18.7 Å². The number of aromatic nitrogens is 4. The maximum atomic E-state index is 13.2. The van der Waals surface area contributed by atoms with Crippen molar-refractivity contribution in [3.63, 3.8) is 0 Å². The summed E-state index contributed by atoms with van der Waals surface area (Å²) in [6.07, 6.45) is 6.30. The first-order valence-corrected chi connectivity index (χ1v) is 9.04. The van der Waals surface area contributed by atoms with Gasteiger partial charge in [0.25, 0.3) is 5.91 Å². The van der Waals surface area contributed by atoms with Crippen molar-refractivity contribution in [1.29, 1.82) is 0 Å². The van der Waals surface area contributed by atoms with Crippen LogP contribution in [0.1, 0.15) is 41.5 Å². The Morgan fingerprint density at radius 3 is 2.81 bits per heavy atom. The van der Waals surface area contributed by atoms with E-state index in [1.807, 2.05) is 35.2 Å². The molecule has 3 heterocycles. The van der Waals surface area contributed by atoms with E-state index in [1.54, 1.807) is 25.6 Å². The van der Waals surface area contributed by atoms with Crippen molar-refractivity contribution in [2.75, 3.05) is 13.7 Å². The van der Waals surface area contributed by atoms with E-state index in [1.165, 1.54) is 0 Å². The number of hydrogen-bond acceptors (Lipinski definition) is 5. The van der Waals surface area contributed by atoms with Gasteiger partial charge in [0, 0.05) is 24.5 Å². The summed E-state index contributed by atoms with van der Waals surface area (Å²) in [4.78, 5) is 23.8. The van der Waals surface area contributed by atoms with Gasteiger partial charge < -0.3 is 9.64 Å². The van der Waals surface area contributed by atoms with Crippen LogP contribution in [-0.2, 0) is 0 Å². The molecule has 1 atom stereocenters. The van der Waals surface area contributed by atoms with Gasteiger partial charge in [-0.25, -0.2) is 4.98 Å². The standard InChI is InChI=1S/C20H21N5O2/c1-27-17-8-3-2-6-15(17)20(26)25-13-5-4-7-16(25)19-22-18(23-24-19)14-9-11-21-12-10-14/h2-3,6,8-12,16H,4-5,7,13H2,1H3,(H,22,23,24)/t16-/m0/s1. The number of rotatable bonds is 4. The summed E-state index contributed by atoms with van der Waals surface area (Å²) in [5.74, 6) is 1.87. The molecule has 1 aromatic carbocycles. The van der Waals surface area contributed by atoms with E-state index in [2.05, 4.69) is 20.2 Å². The number of nitrogens with one attached hydrogen (secondary N) is 1. The number of carbonyl (C=O) groups is 1. The number of aromatic amines is 1. The van der Waals surface area contributed by atoms with Crippen molar-refractivity contribution in [2.24, 2.45) is 0 Å². The Hall–Kier alpha value is -3.22. The Bertz CT molecular complexity index is 925. The van der Waals surface area contributed by atoms with Gasteiger partial charge in [0.15, 0.2) is 5.82 Å². The van der Waals surface area contributed by atoms with E-state index in [4.69, 9.17) is 4.74 Å². The molecular formula is C20H21N5O2. The lowest BCUT2D eigenvalue weighted by atomic mass is 10.00. The van der Waals surface area contributed by atoms with Crippen molar-refractivity contribution in [3.8, 4) is 17.1 Å². The van der Waals surface area contributed by atoms with Crippen LogP contribution < -0.4 is 4.74 Å². The van der Waals surface area contributed by atoms with Gasteiger partial charge in [-0.15, -0.1) is 0 Å². The number of amides is 1. The summed E-state index contributed by atoms with van der Waals surface area (Å²) < 4.78 is 5.37. The lowest BCUT2D eigenvalue weighted by Gasteiger charge is -2.34. The number of methoxy groups -OCH3 is 1. The second-order valence-corrected chi connectivity index (χ2v) is 6.49. The van der Waals surface area contributed by atoms with Crippen LogP contribution in [0.15, 0.2) is 48.8 Å². The van der Waals surface area contributed by atoms with E-state index in [9.17, 15) is 4.79 Å². The minimum atomic E-state index is -0.126. The van der Waals surface area contributed by atoms with Crippen LogP contribution in [0, 0.1) is 0 Å². The van der Waals surface area contributed by atoms with Gasteiger partial charge >= 0.3 is 0 Å². The molecule has 4 rings (SSSR count). The molecule has 7 heteroatoms. The largest absolute Gasteiger partial charge is 0.496 e. The highest BCUT2D eigenvalue weighted by molar-refractivity contribution is 5.97. The number of nitrogens with zero attached hydrogens (tertiary/aromatic N) is 4. The third-order valence-corrected chi connectivity index (χ3v) is 4.86. The Morgan fingerprint density at radius 1 is 1.19 bits per heavy atom. The molecule has 1 N–H and O–H groups in total. The zero-order chi connectivity index (χ0) is 18.6. The van der Waals surface area contributed by atoms with Crippen LogP contribution in [-0.4, -0.2) is 44.6 Å². The van der Waals surface area contributed by atoms with Gasteiger partial charge in [-0.1, -0.05) is 12.1 Å². The molecule has 0 unspecified atom stereocenters. The van der Waals surface area contributed by atoms with Crippen molar-refractivity contribution < 1.29 is 9.53 Å². The van der Waals surface area contributed by atoms with Gasteiger partial charge in [-0.05, 0) is 43.5 Å². The lowest BCUT2D eigenvalue weighted by molar-refractivity contribution is 0.0597. The summed E-state index contributed by atoms with van der Waals surface area (Å²) in [6.45, 7) is 0.687. The van der Waals surface area contributed by atoms with E-state index in [-0.39, 0.29) is 11.9 Å². The number of benzene rings is 1. The topological polar surface area (TPSA) is 84.0 Å². The molecule has 138 valence electrons. The lowest BCUT2D eigenvalue weighted by Crippen LogP contribution is -2.39. The molecule has 0 spiro atoms. The van der Waals surface area contributed by atoms with E-state index >= 15 is 0 Å². The molecule has 1 fully saturated rings. The van der Waals surface area contributed by atoms with E-state index in [0.29, 0.717) is 29.5 Å². The highest BCUT2D eigenvalue weighted by atomic mass is 16.5. The fourth-order valence-electron chi connectivity index (χ4n) is 3.49. The van der Waals surface area contributed by atoms with Crippen molar-refractivity contribution in [3.05, 3.63) is 60.2 Å². The smallest absolute Gasteiger partial charge is 0.258 e. The molecule has 0 saturated carbocycles. The number of H-pyrrole nitrogens is 1. The Balaban J connectivity index is 1.63. The minimum absolute atomic E-state index is 0.0426. The maximum Gasteiger partial charge on any atom is 0.258 e. The third-order valence-electron chi connectivity index (χ3n) is 4.86. The Kier molecular flexibility index (Phi) is 4.82. The van der Waals surface area contributed by atoms with Crippen molar-refractivity contribution in [1.82, 2.24) is 25.1 Å². The highest BCUT2D eigenvalue weighted by Crippen LogP contribution is 2.32. The fraction of sp³-hybridized carbons (Fsp3) is 0.300. The second kappa shape index (κ2) is 7.57. The Morgan fingerprint density at radius 2 is 2.00 bits per heavy atom. The van der Waals surface area contributed by atoms with Gasteiger partial charge in [0.2, 0.25) is 0 Å². The average Bonchev–Trinajstić information content (AvgIpc) is 3.24. The molecule has 7 nitrogen and oxygen atoms in total. The van der Waals surface area contributed by atoms with Crippen molar-refractivity contribution >= 4 is 5.91 Å². The molecule has 0 radical (unpaired) electrons. The first-order valence-electron chi connectivity index (χ1n) is 9.04. The molecule has 1 amide bonds. The monoisotopic (exact) mass is 363 g/mol. The summed E-state index contributed by atoms with van der Waals surface area (Å²) in [6, 6.07) is 10.9. The molecule has 0 bridgehead atoms. The maximum absolute atomic E-state index is 13.2. The second-order valence-electron chi connectivity index (χ2n) is 6.49. The SMILES string of the molecule is COc1ccccc1C(=O)N1CCCC[C@H]1c1nc(-c2ccncc2)n[nH]1. The van der Waals surface area contributed by atoms with Crippen LogP contribution in [0.25, 0.3) is 11.4 Å². The van der Waals surface area contributed by atoms with Crippen LogP contribution in [0.3, 0.4) is 0 Å². The normalized spacial score (nSPS) is 16.9. The number of likely N-dealkylation sites (tertiary alicyclic amines) is 1. The van der Waals surface area contributed by atoms with Gasteiger partial charge in [-0.2, -0.15) is 5.10 Å². The predicted octanol–water partition coefficient (Wildman–Crippen LogP) is 3.24. The fourth-order valence-corrected chi connectivity index (χ4v) is 3.49. The zero-order valence-electron chi connectivity index (χ0n) is 15.1. The molecule has 0 aliphatic carbocycles.